The third kappa shape index (κ3) is 22.6. The fourth-order valence-corrected chi connectivity index (χ4v) is 1.46. The summed E-state index contributed by atoms with van der Waals surface area (Å²) in [5.41, 5.74) is 11.1. The first-order valence-corrected chi connectivity index (χ1v) is 5.22. The molecule has 0 rings (SSSR count). The molecule has 0 aliphatic rings. The highest BCUT2D eigenvalue weighted by Crippen LogP contribution is 2.24. The summed E-state index contributed by atoms with van der Waals surface area (Å²) in [5.74, 6) is 0. The lowest BCUT2D eigenvalue weighted by Gasteiger charge is -2.28. The van der Waals surface area contributed by atoms with Crippen LogP contribution in [0.3, 0.4) is 0 Å². The molecule has 0 fully saturated rings. The van der Waals surface area contributed by atoms with Crippen molar-refractivity contribution in [3.05, 3.63) is 0 Å². The van der Waals surface area contributed by atoms with Gasteiger partial charge in [-0.25, -0.2) is 0 Å². The predicted octanol–water partition coefficient (Wildman–Crippen LogP) is 1.49. The van der Waals surface area contributed by atoms with Gasteiger partial charge in [-0.1, -0.05) is 20.8 Å². The first-order chi connectivity index (χ1) is 6.12. The average molecular weight is 204 g/mol. The van der Waals surface area contributed by atoms with Crippen molar-refractivity contribution in [1.29, 1.82) is 0 Å². The summed E-state index contributed by atoms with van der Waals surface area (Å²) in [4.78, 5) is 0. The zero-order chi connectivity index (χ0) is 11.8. The Hall–Kier alpha value is -0.120. The van der Waals surface area contributed by atoms with Gasteiger partial charge in [-0.3, -0.25) is 0 Å². The van der Waals surface area contributed by atoms with E-state index in [2.05, 4.69) is 34.6 Å². The number of nitrogens with two attached hydrogens (primary N) is 2. The molecule has 0 saturated carbocycles. The quantitative estimate of drug-likeness (QED) is 0.652. The van der Waals surface area contributed by atoms with Gasteiger partial charge in [0.05, 0.1) is 0 Å². The van der Waals surface area contributed by atoms with E-state index in [0.717, 1.165) is 12.8 Å². The molecule has 0 bridgehead atoms. The van der Waals surface area contributed by atoms with E-state index in [1.54, 1.807) is 0 Å². The summed E-state index contributed by atoms with van der Waals surface area (Å²) in [6.45, 7) is 11.6. The molecule has 0 aromatic rings. The van der Waals surface area contributed by atoms with Gasteiger partial charge in [0.1, 0.15) is 0 Å². The Morgan fingerprint density at radius 2 is 1.50 bits per heavy atom. The Labute approximate surface area is 88.9 Å². The highest BCUT2D eigenvalue weighted by molar-refractivity contribution is 4.78. The molecule has 0 saturated heterocycles. The van der Waals surface area contributed by atoms with Gasteiger partial charge >= 0.3 is 0 Å². The van der Waals surface area contributed by atoms with Crippen LogP contribution in [0.1, 0.15) is 47.5 Å². The molecule has 0 heterocycles. The Kier molecular flexibility index (Phi) is 8.40. The van der Waals surface area contributed by atoms with Gasteiger partial charge in [0.2, 0.25) is 0 Å². The Bertz CT molecular complexity index is 108. The second-order valence-corrected chi connectivity index (χ2v) is 5.59. The molecule has 5 N–H and O–H groups in total. The summed E-state index contributed by atoms with van der Waals surface area (Å²) < 4.78 is 0. The van der Waals surface area contributed by atoms with Crippen molar-refractivity contribution in [2.75, 3.05) is 13.2 Å². The lowest BCUT2D eigenvalue weighted by Crippen LogP contribution is -2.36. The SMILES string of the molecule is CC(C)(C)CC(C)(C)N.NCCCO. The van der Waals surface area contributed by atoms with Crippen LogP contribution in [0.5, 0.6) is 0 Å². The van der Waals surface area contributed by atoms with Gasteiger partial charge < -0.3 is 16.6 Å². The molecular weight excluding hydrogens is 176 g/mol. The van der Waals surface area contributed by atoms with Gasteiger partial charge in [-0.05, 0) is 38.6 Å². The molecule has 0 radical (unpaired) electrons. The van der Waals surface area contributed by atoms with Crippen molar-refractivity contribution in [3.8, 4) is 0 Å². The standard InChI is InChI=1S/C8H19N.C3H9NO/c1-7(2,3)6-8(4,5)9;4-2-1-3-5/h6,9H2,1-5H3;5H,1-4H2. The van der Waals surface area contributed by atoms with E-state index in [4.69, 9.17) is 16.6 Å². The number of aliphatic hydroxyl groups is 1. The lowest BCUT2D eigenvalue weighted by atomic mass is 9.82. The molecule has 0 aromatic carbocycles. The fourth-order valence-electron chi connectivity index (χ4n) is 1.46. The van der Waals surface area contributed by atoms with Crippen LogP contribution in [0.15, 0.2) is 0 Å². The van der Waals surface area contributed by atoms with Crippen molar-refractivity contribution >= 4 is 0 Å². The molecule has 0 spiro atoms. The first kappa shape index (κ1) is 16.3. The zero-order valence-electron chi connectivity index (χ0n) is 10.4. The van der Waals surface area contributed by atoms with Crippen LogP contribution in [0.4, 0.5) is 0 Å². The van der Waals surface area contributed by atoms with Gasteiger partial charge in [0, 0.05) is 12.1 Å². The van der Waals surface area contributed by atoms with Gasteiger partial charge in [0.15, 0.2) is 0 Å². The Balaban J connectivity index is 0. The Morgan fingerprint density at radius 3 is 1.50 bits per heavy atom. The van der Waals surface area contributed by atoms with Crippen LogP contribution in [-0.4, -0.2) is 23.8 Å². The molecule has 0 aliphatic heterocycles. The molecule has 14 heavy (non-hydrogen) atoms. The summed E-state index contributed by atoms with van der Waals surface area (Å²) in [7, 11) is 0. The third-order valence-corrected chi connectivity index (χ3v) is 1.35. The summed E-state index contributed by atoms with van der Waals surface area (Å²) in [5, 5.41) is 7.99. The van der Waals surface area contributed by atoms with Crippen molar-refractivity contribution in [2.45, 2.75) is 53.0 Å². The Morgan fingerprint density at radius 1 is 1.07 bits per heavy atom. The second-order valence-electron chi connectivity index (χ2n) is 5.59. The molecule has 0 aromatic heterocycles. The van der Waals surface area contributed by atoms with E-state index in [9.17, 15) is 0 Å². The van der Waals surface area contributed by atoms with Crippen molar-refractivity contribution in [1.82, 2.24) is 0 Å². The summed E-state index contributed by atoms with van der Waals surface area (Å²) in [6, 6.07) is 0. The van der Waals surface area contributed by atoms with Gasteiger partial charge in [0.25, 0.3) is 0 Å². The highest BCUT2D eigenvalue weighted by atomic mass is 16.2. The number of rotatable bonds is 3. The van der Waals surface area contributed by atoms with Crippen molar-refractivity contribution in [2.24, 2.45) is 16.9 Å². The molecule has 3 nitrogen and oxygen atoms in total. The van der Waals surface area contributed by atoms with E-state index < -0.39 is 0 Å². The predicted molar refractivity (Wildman–Crippen MR) is 63.1 cm³/mol. The van der Waals surface area contributed by atoms with E-state index in [1.807, 2.05) is 0 Å². The molecule has 3 heteroatoms. The van der Waals surface area contributed by atoms with E-state index in [1.165, 1.54) is 0 Å². The van der Waals surface area contributed by atoms with Crippen LogP contribution < -0.4 is 11.5 Å². The smallest absolute Gasteiger partial charge is 0.0443 e. The average Bonchev–Trinajstić information content (AvgIpc) is 1.81. The molecule has 0 unspecified atom stereocenters. The minimum Gasteiger partial charge on any atom is -0.396 e. The van der Waals surface area contributed by atoms with Crippen LogP contribution in [0.25, 0.3) is 0 Å². The van der Waals surface area contributed by atoms with Crippen LogP contribution >= 0.6 is 0 Å². The monoisotopic (exact) mass is 204 g/mol. The molecule has 0 atom stereocenters. The fraction of sp³-hybridized carbons (Fsp3) is 1.00. The molecule has 0 aliphatic carbocycles. The van der Waals surface area contributed by atoms with Gasteiger partial charge in [-0.15, -0.1) is 0 Å². The van der Waals surface area contributed by atoms with E-state index in [0.29, 0.717) is 12.0 Å². The van der Waals surface area contributed by atoms with Crippen LogP contribution in [0.2, 0.25) is 0 Å². The van der Waals surface area contributed by atoms with Crippen LogP contribution in [-0.2, 0) is 0 Å². The second kappa shape index (κ2) is 7.21. The largest absolute Gasteiger partial charge is 0.396 e. The maximum atomic E-state index is 7.99. The van der Waals surface area contributed by atoms with Gasteiger partial charge in [-0.2, -0.15) is 0 Å². The molecule has 0 amide bonds. The van der Waals surface area contributed by atoms with Crippen molar-refractivity contribution < 1.29 is 5.11 Å². The minimum atomic E-state index is -0.0156. The number of aliphatic hydroxyl groups excluding tert-OH is 1. The third-order valence-electron chi connectivity index (χ3n) is 1.35. The number of hydrogen-bond acceptors (Lipinski definition) is 3. The van der Waals surface area contributed by atoms with E-state index in [-0.39, 0.29) is 12.1 Å². The molecular formula is C11H28N2O. The first-order valence-electron chi connectivity index (χ1n) is 5.22. The lowest BCUT2D eigenvalue weighted by molar-refractivity contribution is 0.286. The minimum absolute atomic E-state index is 0.0156. The summed E-state index contributed by atoms with van der Waals surface area (Å²) >= 11 is 0. The normalized spacial score (nSPS) is 12.0. The maximum Gasteiger partial charge on any atom is 0.0443 e. The maximum absolute atomic E-state index is 7.99. The zero-order valence-corrected chi connectivity index (χ0v) is 10.4. The number of hydrogen-bond donors (Lipinski definition) is 3. The van der Waals surface area contributed by atoms with Crippen molar-refractivity contribution in [3.63, 3.8) is 0 Å². The molecule has 88 valence electrons. The highest BCUT2D eigenvalue weighted by Gasteiger charge is 2.20. The van der Waals surface area contributed by atoms with Crippen LogP contribution in [0, 0.1) is 5.41 Å². The summed E-state index contributed by atoms with van der Waals surface area (Å²) in [6.07, 6.45) is 1.79. The topological polar surface area (TPSA) is 72.3 Å². The van der Waals surface area contributed by atoms with E-state index >= 15 is 0 Å².